The van der Waals surface area contributed by atoms with Crippen LogP contribution in [0.25, 0.3) is 0 Å². The number of aromatic nitrogens is 2. The smallest absolute Gasteiger partial charge is 0.280 e. The molecule has 4 aromatic rings. The lowest BCUT2D eigenvalue weighted by Crippen LogP contribution is -2.44. The van der Waals surface area contributed by atoms with E-state index in [2.05, 4.69) is 14.9 Å². The second-order valence-corrected chi connectivity index (χ2v) is 7.57. The number of amides is 2. The van der Waals surface area contributed by atoms with E-state index in [0.29, 0.717) is 17.8 Å². The van der Waals surface area contributed by atoms with E-state index in [0.717, 1.165) is 17.1 Å². The molecule has 2 amide bonds. The fourth-order valence-electron chi connectivity index (χ4n) is 3.30. The molecule has 0 aliphatic carbocycles. The minimum absolute atomic E-state index is 0.108. The van der Waals surface area contributed by atoms with Crippen LogP contribution in [0.15, 0.2) is 90.3 Å². The van der Waals surface area contributed by atoms with Crippen molar-refractivity contribution in [1.82, 2.24) is 14.9 Å². The quantitative estimate of drug-likeness (QED) is 0.457. The highest BCUT2D eigenvalue weighted by molar-refractivity contribution is 7.03. The number of hydrogen-bond donors (Lipinski definition) is 1. The van der Waals surface area contributed by atoms with Crippen LogP contribution in [-0.2, 0) is 11.3 Å². The molecular formula is C24H19FN4O2S. The summed E-state index contributed by atoms with van der Waals surface area (Å²) in [5.41, 5.74) is 2.01. The van der Waals surface area contributed by atoms with Gasteiger partial charge in [-0.25, -0.2) is 4.39 Å². The van der Waals surface area contributed by atoms with Crippen LogP contribution in [0.1, 0.15) is 27.7 Å². The van der Waals surface area contributed by atoms with Gasteiger partial charge in [-0.15, -0.1) is 5.10 Å². The second-order valence-electron chi connectivity index (χ2n) is 6.96. The summed E-state index contributed by atoms with van der Waals surface area (Å²) in [5.74, 6) is -1.32. The second kappa shape index (κ2) is 9.93. The number of hydrogen-bond acceptors (Lipinski definition) is 5. The van der Waals surface area contributed by atoms with Gasteiger partial charge in [0.2, 0.25) is 5.91 Å². The van der Waals surface area contributed by atoms with Gasteiger partial charge in [0, 0.05) is 17.6 Å². The van der Waals surface area contributed by atoms with Gasteiger partial charge in [-0.2, -0.15) is 0 Å². The normalized spacial score (nSPS) is 11.5. The Labute approximate surface area is 188 Å². The molecule has 0 saturated heterocycles. The maximum atomic E-state index is 13.6. The molecule has 3 aromatic carbocycles. The molecule has 0 aliphatic rings. The standard InChI is InChI=1S/C24H19FN4O2S/c25-19-11-13-20(14-12-19)29(24(31)21-16-32-28-27-21)22(18-9-5-2-6-10-18)23(30)26-15-17-7-3-1-4-8-17/h1-14,16,22H,15H2,(H,26,30)/t22-/m1/s1. The van der Waals surface area contributed by atoms with Gasteiger partial charge in [0.1, 0.15) is 11.9 Å². The Morgan fingerprint density at radius 1 is 0.938 bits per heavy atom. The highest BCUT2D eigenvalue weighted by atomic mass is 32.1. The molecule has 0 aliphatic heterocycles. The third-order valence-electron chi connectivity index (χ3n) is 4.83. The van der Waals surface area contributed by atoms with Crippen molar-refractivity contribution in [1.29, 1.82) is 0 Å². The summed E-state index contributed by atoms with van der Waals surface area (Å²) < 4.78 is 17.4. The molecule has 0 unspecified atom stereocenters. The third kappa shape index (κ3) is 4.87. The fraction of sp³-hybridized carbons (Fsp3) is 0.0833. The van der Waals surface area contributed by atoms with Gasteiger partial charge in [0.05, 0.1) is 0 Å². The molecular weight excluding hydrogens is 427 g/mol. The van der Waals surface area contributed by atoms with Gasteiger partial charge >= 0.3 is 0 Å². The SMILES string of the molecule is O=C(NCc1ccccc1)[C@@H](c1ccccc1)N(C(=O)c1csnn1)c1ccc(F)cc1. The number of carbonyl (C=O) groups is 2. The van der Waals surface area contributed by atoms with Crippen molar-refractivity contribution < 1.29 is 14.0 Å². The molecule has 1 N–H and O–H groups in total. The minimum atomic E-state index is -1.00. The first-order chi connectivity index (χ1) is 15.6. The summed E-state index contributed by atoms with van der Waals surface area (Å²) in [7, 11) is 0. The zero-order valence-electron chi connectivity index (χ0n) is 16.9. The monoisotopic (exact) mass is 446 g/mol. The fourth-order valence-corrected chi connectivity index (χ4v) is 3.73. The Balaban J connectivity index is 1.75. The van der Waals surface area contributed by atoms with Gasteiger partial charge < -0.3 is 5.32 Å². The number of halogens is 1. The predicted molar refractivity (Wildman–Crippen MR) is 121 cm³/mol. The van der Waals surface area contributed by atoms with E-state index in [1.54, 1.807) is 24.3 Å². The Hall–Kier alpha value is -3.91. The van der Waals surface area contributed by atoms with Crippen LogP contribution in [0.5, 0.6) is 0 Å². The number of benzene rings is 3. The van der Waals surface area contributed by atoms with Gasteiger partial charge in [0.25, 0.3) is 5.91 Å². The molecule has 1 heterocycles. The van der Waals surface area contributed by atoms with E-state index >= 15 is 0 Å². The molecule has 8 heteroatoms. The van der Waals surface area contributed by atoms with Crippen molar-refractivity contribution in [2.24, 2.45) is 0 Å². The van der Waals surface area contributed by atoms with E-state index in [9.17, 15) is 14.0 Å². The molecule has 1 aromatic heterocycles. The van der Waals surface area contributed by atoms with Crippen LogP contribution in [0.3, 0.4) is 0 Å². The zero-order valence-corrected chi connectivity index (χ0v) is 17.7. The van der Waals surface area contributed by atoms with Crippen LogP contribution in [-0.4, -0.2) is 21.4 Å². The van der Waals surface area contributed by atoms with E-state index in [1.165, 1.54) is 34.5 Å². The Morgan fingerprint density at radius 3 is 2.22 bits per heavy atom. The van der Waals surface area contributed by atoms with Crippen molar-refractivity contribution in [2.75, 3.05) is 4.90 Å². The van der Waals surface area contributed by atoms with Gasteiger partial charge in [0.15, 0.2) is 5.69 Å². The van der Waals surface area contributed by atoms with Crippen LogP contribution in [0.2, 0.25) is 0 Å². The molecule has 0 bridgehead atoms. The van der Waals surface area contributed by atoms with Crippen LogP contribution < -0.4 is 10.2 Å². The first kappa shape index (κ1) is 21.3. The lowest BCUT2D eigenvalue weighted by molar-refractivity contribution is -0.122. The van der Waals surface area contributed by atoms with Gasteiger partial charge in [-0.3, -0.25) is 14.5 Å². The number of carbonyl (C=O) groups excluding carboxylic acids is 2. The summed E-state index contributed by atoms with van der Waals surface area (Å²) in [4.78, 5) is 28.2. The van der Waals surface area contributed by atoms with Crippen molar-refractivity contribution in [2.45, 2.75) is 12.6 Å². The Kier molecular flexibility index (Phi) is 6.62. The third-order valence-corrected chi connectivity index (χ3v) is 5.34. The summed E-state index contributed by atoms with van der Waals surface area (Å²) in [6.45, 7) is 0.298. The number of nitrogens with one attached hydrogen (secondary N) is 1. The Morgan fingerprint density at radius 2 is 1.59 bits per heavy atom. The van der Waals surface area contributed by atoms with Gasteiger partial charge in [-0.05, 0) is 46.9 Å². The summed E-state index contributed by atoms with van der Waals surface area (Å²) in [6.07, 6.45) is 0. The highest BCUT2D eigenvalue weighted by Crippen LogP contribution is 2.30. The van der Waals surface area contributed by atoms with Crippen LogP contribution >= 0.6 is 11.5 Å². The summed E-state index contributed by atoms with van der Waals surface area (Å²) >= 11 is 1.04. The van der Waals surface area contributed by atoms with E-state index in [4.69, 9.17) is 0 Å². The molecule has 1 atom stereocenters. The van der Waals surface area contributed by atoms with E-state index < -0.39 is 17.8 Å². The summed E-state index contributed by atoms with van der Waals surface area (Å²) in [6, 6.07) is 22.9. The van der Waals surface area contributed by atoms with Crippen molar-refractivity contribution in [3.05, 3.63) is 113 Å². The maximum Gasteiger partial charge on any atom is 0.280 e. The molecule has 6 nitrogen and oxygen atoms in total. The van der Waals surface area contributed by atoms with Crippen LogP contribution in [0, 0.1) is 5.82 Å². The molecule has 0 spiro atoms. The maximum absolute atomic E-state index is 13.6. The Bertz CT molecular complexity index is 1170. The molecule has 0 saturated carbocycles. The molecule has 160 valence electrons. The first-order valence-corrected chi connectivity index (χ1v) is 10.7. The van der Waals surface area contributed by atoms with Gasteiger partial charge in [-0.1, -0.05) is 65.2 Å². The van der Waals surface area contributed by atoms with Crippen molar-refractivity contribution in [3.8, 4) is 0 Å². The number of rotatable bonds is 7. The number of anilines is 1. The van der Waals surface area contributed by atoms with E-state index in [1.807, 2.05) is 36.4 Å². The summed E-state index contributed by atoms with van der Waals surface area (Å²) in [5, 5.41) is 8.32. The molecule has 32 heavy (non-hydrogen) atoms. The molecule has 4 rings (SSSR count). The average molecular weight is 447 g/mol. The molecule has 0 radical (unpaired) electrons. The number of nitrogens with zero attached hydrogens (tertiary/aromatic N) is 3. The van der Waals surface area contributed by atoms with E-state index in [-0.39, 0.29) is 11.6 Å². The lowest BCUT2D eigenvalue weighted by atomic mass is 10.0. The first-order valence-electron chi connectivity index (χ1n) is 9.86. The largest absolute Gasteiger partial charge is 0.350 e. The van der Waals surface area contributed by atoms with Crippen molar-refractivity contribution >= 4 is 29.0 Å². The predicted octanol–water partition coefficient (Wildman–Crippen LogP) is 4.38. The highest BCUT2D eigenvalue weighted by Gasteiger charge is 2.34. The zero-order chi connectivity index (χ0) is 22.3. The van der Waals surface area contributed by atoms with Crippen molar-refractivity contribution in [3.63, 3.8) is 0 Å². The molecule has 0 fully saturated rings. The average Bonchev–Trinajstić information content (AvgIpc) is 3.38. The van der Waals surface area contributed by atoms with Crippen LogP contribution in [0.4, 0.5) is 10.1 Å². The lowest BCUT2D eigenvalue weighted by Gasteiger charge is -2.31. The minimum Gasteiger partial charge on any atom is -0.350 e. The topological polar surface area (TPSA) is 75.2 Å².